The summed E-state index contributed by atoms with van der Waals surface area (Å²) in [6.07, 6.45) is -5.43. The van der Waals surface area contributed by atoms with Crippen molar-refractivity contribution in [2.75, 3.05) is 4.72 Å². The predicted octanol–water partition coefficient (Wildman–Crippen LogP) is 5.26. The van der Waals surface area contributed by atoms with Crippen LogP contribution in [0.2, 0.25) is 0 Å². The molecule has 1 N–H and O–H groups in total. The molecule has 190 valence electrons. The van der Waals surface area contributed by atoms with E-state index in [0.717, 1.165) is 18.2 Å². The van der Waals surface area contributed by atoms with Crippen LogP contribution >= 0.6 is 0 Å². The highest BCUT2D eigenvalue weighted by molar-refractivity contribution is 7.92. The third-order valence-electron chi connectivity index (χ3n) is 5.72. The first-order valence-corrected chi connectivity index (χ1v) is 12.4. The summed E-state index contributed by atoms with van der Waals surface area (Å²) in [5, 5.41) is 0. The van der Waals surface area contributed by atoms with Gasteiger partial charge in [-0.1, -0.05) is 18.2 Å². The summed E-state index contributed by atoms with van der Waals surface area (Å²) >= 11 is 0. The van der Waals surface area contributed by atoms with Crippen LogP contribution in [0.4, 0.5) is 23.2 Å². The number of hydrogen-bond donors (Lipinski definition) is 1. The number of alkyl halides is 3. The van der Waals surface area contributed by atoms with Crippen molar-refractivity contribution in [2.24, 2.45) is 0 Å². The van der Waals surface area contributed by atoms with E-state index in [1.807, 2.05) is 0 Å². The Balaban J connectivity index is 1.61. The average Bonchev–Trinajstić information content (AvgIpc) is 2.91. The zero-order valence-electron chi connectivity index (χ0n) is 19.3. The number of nitrogens with zero attached hydrogens (tertiary/aromatic N) is 1. The highest BCUT2D eigenvalue weighted by Crippen LogP contribution is 2.32. The van der Waals surface area contributed by atoms with Crippen molar-refractivity contribution < 1.29 is 35.5 Å². The van der Waals surface area contributed by atoms with Crippen molar-refractivity contribution in [1.82, 2.24) is 4.90 Å². The van der Waals surface area contributed by atoms with Crippen LogP contribution < -0.4 is 9.46 Å². The topological polar surface area (TPSA) is 75.7 Å². The van der Waals surface area contributed by atoms with Crippen molar-refractivity contribution >= 4 is 21.6 Å². The Bertz CT molecular complexity index is 1420. The van der Waals surface area contributed by atoms with E-state index >= 15 is 0 Å². The van der Waals surface area contributed by atoms with Gasteiger partial charge in [0, 0.05) is 24.3 Å². The van der Waals surface area contributed by atoms with Gasteiger partial charge >= 0.3 is 6.18 Å². The number of carbonyl (C=O) groups is 1. The summed E-state index contributed by atoms with van der Waals surface area (Å²) in [7, 11) is -4.11. The molecule has 0 saturated carbocycles. The van der Waals surface area contributed by atoms with Crippen LogP contribution in [0.25, 0.3) is 0 Å². The van der Waals surface area contributed by atoms with Gasteiger partial charge in [-0.2, -0.15) is 13.2 Å². The Morgan fingerprint density at radius 3 is 2.53 bits per heavy atom. The normalized spacial score (nSPS) is 16.2. The van der Waals surface area contributed by atoms with Crippen LogP contribution in [0, 0.1) is 12.7 Å². The zero-order chi connectivity index (χ0) is 26.3. The standard InChI is InChI=1S/C25H22F4N2O4S/c1-15-6-8-21(12-22(15)26)36(33,34)30-20-7-9-23-18(11-20)14-31(24(32)16(2)35-23)13-17-4-3-5-19(10-17)25(27,28)29/h3-12,16,30H,13-14H2,1-2H3/t16-/m1/s1. The molecule has 11 heteroatoms. The maximum absolute atomic E-state index is 13.9. The van der Waals surface area contributed by atoms with Crippen molar-refractivity contribution in [3.8, 4) is 5.75 Å². The van der Waals surface area contributed by atoms with E-state index < -0.39 is 39.6 Å². The maximum Gasteiger partial charge on any atom is 0.416 e. The van der Waals surface area contributed by atoms with Gasteiger partial charge in [0.15, 0.2) is 6.10 Å². The monoisotopic (exact) mass is 522 g/mol. The van der Waals surface area contributed by atoms with Gasteiger partial charge < -0.3 is 9.64 Å². The van der Waals surface area contributed by atoms with E-state index in [-0.39, 0.29) is 29.2 Å². The van der Waals surface area contributed by atoms with Crippen molar-refractivity contribution in [1.29, 1.82) is 0 Å². The number of ether oxygens (including phenoxy) is 1. The predicted molar refractivity (Wildman–Crippen MR) is 124 cm³/mol. The third kappa shape index (κ3) is 5.46. The van der Waals surface area contributed by atoms with Gasteiger partial charge in [0.2, 0.25) is 0 Å². The third-order valence-corrected chi connectivity index (χ3v) is 7.10. The molecule has 0 radical (unpaired) electrons. The number of sulfonamides is 1. The summed E-state index contributed by atoms with van der Waals surface area (Å²) in [6.45, 7) is 2.91. The Morgan fingerprint density at radius 2 is 1.83 bits per heavy atom. The average molecular weight is 523 g/mol. The summed E-state index contributed by atoms with van der Waals surface area (Å²) in [4.78, 5) is 14.0. The minimum Gasteiger partial charge on any atom is -0.481 e. The summed E-state index contributed by atoms with van der Waals surface area (Å²) in [5.74, 6) is -0.751. The molecule has 1 heterocycles. The Labute approximate surface area is 205 Å². The number of fused-ring (bicyclic) bond motifs is 1. The van der Waals surface area contributed by atoms with Crippen molar-refractivity contribution in [3.05, 3.63) is 88.7 Å². The lowest BCUT2D eigenvalue weighted by molar-refractivity contribution is -0.138. The second-order valence-corrected chi connectivity index (χ2v) is 10.2. The Morgan fingerprint density at radius 1 is 1.08 bits per heavy atom. The number of benzene rings is 3. The summed E-state index contributed by atoms with van der Waals surface area (Å²) in [5.41, 5.74) is 0.369. The van der Waals surface area contributed by atoms with Gasteiger partial charge in [0.1, 0.15) is 11.6 Å². The number of amides is 1. The summed E-state index contributed by atoms with van der Waals surface area (Å²) < 4.78 is 86.9. The number of carbonyl (C=O) groups excluding carboxylic acids is 1. The quantitative estimate of drug-likeness (QED) is 0.464. The van der Waals surface area contributed by atoms with Crippen LogP contribution in [0.3, 0.4) is 0 Å². The van der Waals surface area contributed by atoms with E-state index in [2.05, 4.69) is 4.72 Å². The van der Waals surface area contributed by atoms with E-state index in [1.54, 1.807) is 0 Å². The fourth-order valence-corrected chi connectivity index (χ4v) is 4.88. The van der Waals surface area contributed by atoms with Crippen LogP contribution in [0.5, 0.6) is 5.75 Å². The Hall–Kier alpha value is -3.60. The van der Waals surface area contributed by atoms with Crippen molar-refractivity contribution in [3.63, 3.8) is 0 Å². The number of anilines is 1. The van der Waals surface area contributed by atoms with Gasteiger partial charge in [-0.25, -0.2) is 12.8 Å². The number of hydrogen-bond acceptors (Lipinski definition) is 4. The van der Waals surface area contributed by atoms with Gasteiger partial charge in [0.05, 0.1) is 10.5 Å². The summed E-state index contributed by atoms with van der Waals surface area (Å²) in [6, 6.07) is 12.7. The number of nitrogens with one attached hydrogen (secondary N) is 1. The molecular formula is C25H22F4N2O4S. The van der Waals surface area contributed by atoms with Crippen LogP contribution in [0.15, 0.2) is 65.6 Å². The molecule has 0 spiro atoms. The first-order valence-electron chi connectivity index (χ1n) is 10.9. The van der Waals surface area contributed by atoms with Crippen LogP contribution in [-0.2, 0) is 34.1 Å². The molecule has 36 heavy (non-hydrogen) atoms. The molecule has 0 saturated heterocycles. The molecule has 1 amide bonds. The fraction of sp³-hybridized carbons (Fsp3) is 0.240. The molecule has 3 aromatic rings. The minimum absolute atomic E-state index is 0.0243. The number of rotatable bonds is 5. The second kappa shape index (κ2) is 9.45. The molecule has 1 atom stereocenters. The molecule has 0 unspecified atom stereocenters. The van der Waals surface area contributed by atoms with Gasteiger partial charge in [-0.3, -0.25) is 9.52 Å². The van der Waals surface area contributed by atoms with Crippen molar-refractivity contribution in [2.45, 2.75) is 44.1 Å². The fourth-order valence-electron chi connectivity index (χ4n) is 3.82. The molecular weight excluding hydrogens is 500 g/mol. The highest BCUT2D eigenvalue weighted by Gasteiger charge is 2.32. The minimum atomic E-state index is -4.52. The smallest absolute Gasteiger partial charge is 0.416 e. The molecule has 4 rings (SSSR count). The van der Waals surface area contributed by atoms with Gasteiger partial charge in [-0.15, -0.1) is 0 Å². The molecule has 0 fully saturated rings. The molecule has 0 bridgehead atoms. The Kier molecular flexibility index (Phi) is 6.70. The molecule has 0 aliphatic carbocycles. The van der Waals surface area contributed by atoms with E-state index in [0.29, 0.717) is 16.9 Å². The first-order chi connectivity index (χ1) is 16.8. The molecule has 1 aliphatic heterocycles. The lowest BCUT2D eigenvalue weighted by Crippen LogP contribution is -2.37. The highest BCUT2D eigenvalue weighted by atomic mass is 32.2. The number of halogens is 4. The SMILES string of the molecule is Cc1ccc(S(=O)(=O)Nc2ccc3c(c2)CN(Cc2cccc(C(F)(F)F)c2)C(=O)[C@@H](C)O3)cc1F. The van der Waals surface area contributed by atoms with Crippen LogP contribution in [-0.4, -0.2) is 25.3 Å². The molecule has 3 aromatic carbocycles. The number of aryl methyl sites for hydroxylation is 1. The largest absolute Gasteiger partial charge is 0.481 e. The van der Waals surface area contributed by atoms with Gasteiger partial charge in [-0.05, 0) is 67.4 Å². The molecule has 1 aliphatic rings. The first kappa shape index (κ1) is 25.5. The lowest BCUT2D eigenvalue weighted by atomic mass is 10.1. The lowest BCUT2D eigenvalue weighted by Gasteiger charge is -2.23. The van der Waals surface area contributed by atoms with E-state index in [9.17, 15) is 30.8 Å². The van der Waals surface area contributed by atoms with E-state index in [4.69, 9.17) is 4.74 Å². The maximum atomic E-state index is 13.9. The zero-order valence-corrected chi connectivity index (χ0v) is 20.1. The second-order valence-electron chi connectivity index (χ2n) is 8.49. The molecule has 0 aromatic heterocycles. The molecule has 6 nitrogen and oxygen atoms in total. The van der Waals surface area contributed by atoms with Crippen LogP contribution in [0.1, 0.15) is 29.2 Å². The van der Waals surface area contributed by atoms with Gasteiger partial charge in [0.25, 0.3) is 15.9 Å². The van der Waals surface area contributed by atoms with E-state index in [1.165, 1.54) is 61.2 Å².